The van der Waals surface area contributed by atoms with E-state index in [9.17, 15) is 28.8 Å². The van der Waals surface area contributed by atoms with Crippen LogP contribution in [0.15, 0.2) is 73.6 Å². The smallest absolute Gasteiger partial charge is 0.408 e. The molecule has 6 aromatic rings. The molecule has 8 heterocycles. The predicted octanol–water partition coefficient (Wildman–Crippen LogP) is 9.93. The van der Waals surface area contributed by atoms with Crippen LogP contribution in [0.1, 0.15) is 162 Å². The number of aromatic nitrogens is 8. The summed E-state index contributed by atoms with van der Waals surface area (Å²) in [5.41, 5.74) is 4.38. The first-order valence-corrected chi connectivity index (χ1v) is 33.4. The van der Waals surface area contributed by atoms with Crippen molar-refractivity contribution in [3.05, 3.63) is 96.4 Å². The number of fused-ring (bicyclic) bond motifs is 10. The van der Waals surface area contributed by atoms with Crippen LogP contribution in [0.5, 0.6) is 23.3 Å². The third kappa shape index (κ3) is 17.9. The molecule has 25 heteroatoms. The van der Waals surface area contributed by atoms with E-state index >= 15 is 0 Å². The Morgan fingerprint density at radius 3 is 1.55 bits per heavy atom. The van der Waals surface area contributed by atoms with Crippen molar-refractivity contribution in [3.8, 4) is 23.3 Å². The molecule has 2 saturated carbocycles. The number of rotatable bonds is 8. The molecule has 2 radical (unpaired) electrons. The first-order chi connectivity index (χ1) is 45.2. The molecule has 23 nitrogen and oxygen atoms in total. The van der Waals surface area contributed by atoms with Gasteiger partial charge in [0.25, 0.3) is 0 Å². The summed E-state index contributed by atoms with van der Waals surface area (Å²) in [4.78, 5) is 118. The van der Waals surface area contributed by atoms with Crippen molar-refractivity contribution in [2.75, 3.05) is 13.1 Å². The average Bonchev–Trinajstić information content (AvgIpc) is 1.55. The number of hydrogen-bond acceptors (Lipinski definition) is 20. The topological polar surface area (TPSA) is 279 Å². The zero-order chi connectivity index (χ0) is 66.3. The van der Waals surface area contributed by atoms with Crippen molar-refractivity contribution in [2.24, 2.45) is 40.4 Å². The van der Waals surface area contributed by atoms with Gasteiger partial charge < -0.3 is 53.1 Å². The van der Waals surface area contributed by atoms with Crippen LogP contribution >= 0.6 is 0 Å². The minimum atomic E-state index is -0.915. The Kier molecular flexibility index (Phi) is 24.6. The maximum absolute atomic E-state index is 14.1. The second kappa shape index (κ2) is 32.4. The zero-order valence-corrected chi connectivity index (χ0v) is 58.9. The molecule has 6 aliphatic rings. The maximum Gasteiger partial charge on any atom is 0.408 e. The van der Waals surface area contributed by atoms with E-state index in [0.717, 1.165) is 99.5 Å². The van der Waals surface area contributed by atoms with Gasteiger partial charge in [-0.25, -0.2) is 37.3 Å². The fourth-order valence-electron chi connectivity index (χ4n) is 13.6. The van der Waals surface area contributed by atoms with E-state index in [4.69, 9.17) is 48.4 Å². The summed E-state index contributed by atoms with van der Waals surface area (Å²) in [6.45, 7) is 16.0. The van der Waals surface area contributed by atoms with Crippen molar-refractivity contribution in [3.63, 3.8) is 0 Å². The molecule has 12 atom stereocenters. The molecule has 4 fully saturated rings. The number of hydrogen-bond donors (Lipinski definition) is 1. The van der Waals surface area contributed by atoms with Crippen LogP contribution in [-0.2, 0) is 96.6 Å². The Morgan fingerprint density at radius 2 is 1.06 bits per heavy atom. The average molecular weight is 1390 g/mol. The third-order valence-corrected chi connectivity index (χ3v) is 19.3. The number of aryl methyl sites for hydroxylation is 2. The fourth-order valence-corrected chi connectivity index (χ4v) is 13.6. The molecule has 2 aliphatic carbocycles. The number of ether oxygens (including phenoxy) is 6. The van der Waals surface area contributed by atoms with E-state index < -0.39 is 53.2 Å². The van der Waals surface area contributed by atoms with E-state index in [1.54, 1.807) is 37.2 Å². The van der Waals surface area contributed by atoms with Crippen molar-refractivity contribution >= 4 is 58.5 Å². The van der Waals surface area contributed by atoms with Gasteiger partial charge in [-0.1, -0.05) is 93.2 Å². The van der Waals surface area contributed by atoms with Crippen LogP contribution in [0.4, 0.5) is 4.79 Å². The number of amides is 3. The van der Waals surface area contributed by atoms with Gasteiger partial charge in [0.1, 0.15) is 66.6 Å². The van der Waals surface area contributed by atoms with Crippen molar-refractivity contribution in [1.82, 2.24) is 55.0 Å². The number of carbonyl (C=O) groups excluding carboxylic acids is 6. The molecule has 510 valence electrons. The number of carbonyl (C=O) groups is 4. The van der Waals surface area contributed by atoms with Crippen molar-refractivity contribution in [2.45, 2.75) is 207 Å². The summed E-state index contributed by atoms with van der Waals surface area (Å²) < 4.78 is 36.8. The molecule has 0 spiro atoms. The monoisotopic (exact) mass is 1390 g/mol. The number of nitrogens with zero attached hydrogens (tertiary/aromatic N) is 10. The molecule has 4 aliphatic heterocycles. The van der Waals surface area contributed by atoms with Gasteiger partial charge in [0.05, 0.1) is 71.3 Å². The van der Waals surface area contributed by atoms with Crippen molar-refractivity contribution < 1.29 is 94.3 Å². The predicted molar refractivity (Wildman–Crippen MR) is 345 cm³/mol. The van der Waals surface area contributed by atoms with E-state index in [0.29, 0.717) is 64.4 Å². The van der Waals surface area contributed by atoms with Crippen LogP contribution in [0.2, 0.25) is 0 Å². The first-order valence-electron chi connectivity index (χ1n) is 33.4. The minimum Gasteiger partial charge on any atom is -0.540 e. The van der Waals surface area contributed by atoms with E-state index in [-0.39, 0.29) is 118 Å². The zero-order valence-electron chi connectivity index (χ0n) is 56.1. The Morgan fingerprint density at radius 1 is 0.552 bits per heavy atom. The molecule has 4 bridgehead atoms. The standard InChI is InChI=1S/C36H45N6O6.C35H42N5O6.2V/c1-22-29(20-43)42-19-31(22)47-33-27(39-26-14-13-25(17-28(26)40-33)46-21-24-18-37-15-16-38-24)11-7-5-6-9-23-10-8-12-30(23)48-35(45)41-32(34(42)44)36(2,3)4;1-21-29(19-41)40-18-31(21)46-33-27(38-26-11-10-24(15-28(26)39-33)44-20-23-17-36-12-13-37-23)9-7-5-6-8-22-14-30(22)45-32(42)16-25(34(40)43)35(2,3)4;;/h13-18,22-23,29-32H,5-12,19,21H2,1-4H3,(H,41,45);10-13,15,17,21-22,25,29-31H,5-9,14,16,18,20H2,1-4H3;;/q2*-1;;/t22-,23+,29+,30+,31-,32+;21-,22+,25+,29+,30+,31-;;/m00../s1. The third-order valence-electron chi connectivity index (χ3n) is 19.3. The van der Waals surface area contributed by atoms with E-state index in [2.05, 4.69) is 37.8 Å². The first kappa shape index (κ1) is 72.9. The number of benzene rings is 2. The minimum absolute atomic E-state index is 0. The molecule has 3 amide bonds. The van der Waals surface area contributed by atoms with Crippen molar-refractivity contribution in [1.29, 1.82) is 0 Å². The number of alkyl carbamates (subject to hydrolysis) is 1. The van der Waals surface area contributed by atoms with Crippen LogP contribution in [0.25, 0.3) is 22.1 Å². The summed E-state index contributed by atoms with van der Waals surface area (Å²) in [5.74, 6) is 0.269. The summed E-state index contributed by atoms with van der Waals surface area (Å²) >= 11 is 0. The van der Waals surface area contributed by atoms with Gasteiger partial charge in [-0.15, -0.1) is 0 Å². The van der Waals surface area contributed by atoms with Gasteiger partial charge in [0.15, 0.2) is 0 Å². The fraction of sp³-hybridized carbons (Fsp3) is 0.577. The molecular formula is C71H87N11O12V2-2. The van der Waals surface area contributed by atoms with Gasteiger partial charge >= 0.3 is 12.1 Å². The number of nitrogens with one attached hydrogen (secondary N) is 1. The van der Waals surface area contributed by atoms with Crippen LogP contribution in [-0.4, -0.2) is 142 Å². The van der Waals surface area contributed by atoms with Crippen LogP contribution in [0.3, 0.4) is 0 Å². The molecule has 2 aromatic carbocycles. The molecule has 4 aromatic heterocycles. The summed E-state index contributed by atoms with van der Waals surface area (Å²) in [7, 11) is 0. The van der Waals surface area contributed by atoms with Crippen LogP contribution in [0, 0.1) is 40.4 Å². The van der Waals surface area contributed by atoms with Gasteiger partial charge in [-0.3, -0.25) is 34.3 Å². The van der Waals surface area contributed by atoms with E-state index in [1.165, 1.54) is 9.80 Å². The maximum atomic E-state index is 14.1. The Labute approximate surface area is 585 Å². The van der Waals surface area contributed by atoms with Gasteiger partial charge in [-0.05, 0) is 123 Å². The van der Waals surface area contributed by atoms with Gasteiger partial charge in [0, 0.05) is 74.0 Å². The molecular weight excluding hydrogens is 1300 g/mol. The van der Waals surface area contributed by atoms with Crippen LogP contribution < -0.4 is 24.3 Å². The SMILES string of the molecule is C[C@@H]1[C@@H]2CN(C(=O)[C@H](C(C)(C)C)CC(=O)O[C@@H]3C[C@H]3CCCCCc3nc4ccc(OCc5cnccn5)cc4nc3O2)[C@@H]1[C-]=O.C[C@@H]1[C@@H]2CN(C(=O)[C@H](C(C)(C)C)NC(=O)O[C@@H]3CCC[C@H]3CCCCCc3nc4ccc(OCc5cnccn5)cc4nc3O2)[C@@H]1[C-]=O.[V].[V]. The van der Waals surface area contributed by atoms with E-state index in [1.807, 2.05) is 91.8 Å². The molecule has 1 N–H and O–H groups in total. The Hall–Kier alpha value is -7.33. The number of esters is 1. The van der Waals surface area contributed by atoms with Gasteiger partial charge in [-0.2, -0.15) is 0 Å². The summed E-state index contributed by atoms with van der Waals surface area (Å²) in [6, 6.07) is 8.55. The summed E-state index contributed by atoms with van der Waals surface area (Å²) in [5, 5.41) is 2.86. The molecule has 0 unspecified atom stereocenters. The molecule has 2 saturated heterocycles. The Bertz CT molecular complexity index is 3680. The second-order valence-electron chi connectivity index (χ2n) is 28.3. The van der Waals surface area contributed by atoms with Gasteiger partial charge in [0.2, 0.25) is 23.6 Å². The normalized spacial score (nSPS) is 26.7. The largest absolute Gasteiger partial charge is 0.540 e. The summed E-state index contributed by atoms with van der Waals surface area (Å²) in [6.07, 6.45) is 24.8. The Balaban J connectivity index is 0.000000221. The quantitative estimate of drug-likeness (QED) is 0.110. The molecule has 12 rings (SSSR count). The second-order valence-corrected chi connectivity index (χ2v) is 28.3. The molecule has 96 heavy (non-hydrogen) atoms.